The molecule has 27 heavy (non-hydrogen) atoms. The predicted octanol–water partition coefficient (Wildman–Crippen LogP) is 2.63. The predicted molar refractivity (Wildman–Crippen MR) is 101 cm³/mol. The maximum atomic E-state index is 12.2. The molecule has 2 amide bonds. The summed E-state index contributed by atoms with van der Waals surface area (Å²) in [7, 11) is 1.29. The van der Waals surface area contributed by atoms with Gasteiger partial charge >= 0.3 is 5.97 Å². The second kappa shape index (κ2) is 8.14. The molecule has 0 aliphatic heterocycles. The Bertz CT molecular complexity index is 991. The number of hydrazine groups is 1. The highest BCUT2D eigenvalue weighted by atomic mass is 16.5. The van der Waals surface area contributed by atoms with Gasteiger partial charge < -0.3 is 4.74 Å². The molecule has 0 aliphatic rings. The van der Waals surface area contributed by atoms with Gasteiger partial charge in [0, 0.05) is 5.56 Å². The smallest absolute Gasteiger partial charge is 0.337 e. The monoisotopic (exact) mass is 362 g/mol. The van der Waals surface area contributed by atoms with Crippen LogP contribution in [0.3, 0.4) is 0 Å². The normalized spacial score (nSPS) is 10.3. The SMILES string of the molecule is COC(=O)c1ccc(C(=O)NNC(=O)Cc2cccc3ccccc23)cc1. The van der Waals surface area contributed by atoms with E-state index in [2.05, 4.69) is 15.6 Å². The summed E-state index contributed by atoms with van der Waals surface area (Å²) in [6.07, 6.45) is 0.142. The number of esters is 1. The summed E-state index contributed by atoms with van der Waals surface area (Å²) in [4.78, 5) is 35.7. The third-order valence-corrected chi connectivity index (χ3v) is 4.11. The Morgan fingerprint density at radius 1 is 0.815 bits per heavy atom. The standard InChI is InChI=1S/C21H18N2O4/c1-27-21(26)16-11-9-15(10-12-16)20(25)23-22-19(24)13-17-7-4-6-14-5-2-3-8-18(14)17/h2-12H,13H2,1H3,(H,22,24)(H,23,25). The van der Waals surface area contributed by atoms with Gasteiger partial charge in [0.15, 0.2) is 0 Å². The van der Waals surface area contributed by atoms with Gasteiger partial charge in [-0.05, 0) is 40.6 Å². The molecule has 3 rings (SSSR count). The van der Waals surface area contributed by atoms with E-state index in [1.165, 1.54) is 31.4 Å². The van der Waals surface area contributed by atoms with E-state index in [0.717, 1.165) is 16.3 Å². The van der Waals surface area contributed by atoms with Crippen molar-refractivity contribution in [3.8, 4) is 0 Å². The lowest BCUT2D eigenvalue weighted by molar-refractivity contribution is -0.121. The van der Waals surface area contributed by atoms with E-state index in [9.17, 15) is 14.4 Å². The Morgan fingerprint density at radius 3 is 2.22 bits per heavy atom. The fourth-order valence-corrected chi connectivity index (χ4v) is 2.74. The molecule has 6 nitrogen and oxygen atoms in total. The van der Waals surface area contributed by atoms with Crippen molar-refractivity contribution in [2.45, 2.75) is 6.42 Å². The minimum absolute atomic E-state index is 0.142. The molecule has 0 saturated heterocycles. The van der Waals surface area contributed by atoms with E-state index in [1.54, 1.807) is 0 Å². The molecule has 0 aromatic heterocycles. The number of hydrogen-bond donors (Lipinski definition) is 2. The quantitative estimate of drug-likeness (QED) is 0.552. The fourth-order valence-electron chi connectivity index (χ4n) is 2.74. The van der Waals surface area contributed by atoms with E-state index < -0.39 is 11.9 Å². The van der Waals surface area contributed by atoms with E-state index >= 15 is 0 Å². The summed E-state index contributed by atoms with van der Waals surface area (Å²) in [6, 6.07) is 19.5. The van der Waals surface area contributed by atoms with Crippen LogP contribution in [0.2, 0.25) is 0 Å². The topological polar surface area (TPSA) is 84.5 Å². The van der Waals surface area contributed by atoms with E-state index in [0.29, 0.717) is 11.1 Å². The Hall–Kier alpha value is -3.67. The molecule has 136 valence electrons. The Morgan fingerprint density at radius 2 is 1.48 bits per heavy atom. The van der Waals surface area contributed by atoms with Gasteiger partial charge in [0.2, 0.25) is 5.91 Å². The molecule has 0 heterocycles. The average molecular weight is 362 g/mol. The van der Waals surface area contributed by atoms with Crippen LogP contribution < -0.4 is 10.9 Å². The van der Waals surface area contributed by atoms with Gasteiger partial charge in [-0.25, -0.2) is 4.79 Å². The summed E-state index contributed by atoms with van der Waals surface area (Å²) in [5.41, 5.74) is 6.32. The minimum atomic E-state index is -0.481. The number of benzene rings is 3. The van der Waals surface area contributed by atoms with Crippen LogP contribution in [0.1, 0.15) is 26.3 Å². The van der Waals surface area contributed by atoms with Crippen molar-refractivity contribution in [1.29, 1.82) is 0 Å². The number of fused-ring (bicyclic) bond motifs is 1. The Labute approximate surface area is 156 Å². The van der Waals surface area contributed by atoms with E-state index in [1.807, 2.05) is 42.5 Å². The van der Waals surface area contributed by atoms with Crippen molar-refractivity contribution in [1.82, 2.24) is 10.9 Å². The number of ether oxygens (including phenoxy) is 1. The molecule has 0 aliphatic carbocycles. The number of carbonyl (C=O) groups excluding carboxylic acids is 3. The van der Waals surface area contributed by atoms with Gasteiger partial charge in [-0.15, -0.1) is 0 Å². The van der Waals surface area contributed by atoms with Gasteiger partial charge in [0.05, 0.1) is 19.1 Å². The molecule has 0 atom stereocenters. The van der Waals surface area contributed by atoms with Gasteiger partial charge in [-0.2, -0.15) is 0 Å². The third kappa shape index (κ3) is 4.30. The first kappa shape index (κ1) is 18.1. The van der Waals surface area contributed by atoms with Crippen LogP contribution in [0.5, 0.6) is 0 Å². The number of rotatable bonds is 4. The summed E-state index contributed by atoms with van der Waals surface area (Å²) in [5.74, 6) is -1.28. The lowest BCUT2D eigenvalue weighted by atomic mass is 10.0. The van der Waals surface area contributed by atoms with Gasteiger partial charge in [-0.3, -0.25) is 20.4 Å². The maximum absolute atomic E-state index is 12.2. The number of hydrogen-bond acceptors (Lipinski definition) is 4. The largest absolute Gasteiger partial charge is 0.465 e. The molecule has 0 saturated carbocycles. The molecule has 0 spiro atoms. The number of amides is 2. The zero-order valence-corrected chi connectivity index (χ0v) is 14.7. The lowest BCUT2D eigenvalue weighted by Gasteiger charge is -2.09. The number of carbonyl (C=O) groups is 3. The van der Waals surface area contributed by atoms with Crippen molar-refractivity contribution in [3.63, 3.8) is 0 Å². The summed E-state index contributed by atoms with van der Waals surface area (Å²) < 4.78 is 4.61. The second-order valence-electron chi connectivity index (χ2n) is 5.89. The minimum Gasteiger partial charge on any atom is -0.465 e. The highest BCUT2D eigenvalue weighted by Gasteiger charge is 2.11. The van der Waals surface area contributed by atoms with Crippen molar-refractivity contribution < 1.29 is 19.1 Å². The summed E-state index contributed by atoms with van der Waals surface area (Å²) >= 11 is 0. The zero-order chi connectivity index (χ0) is 19.2. The van der Waals surface area contributed by atoms with Crippen LogP contribution in [0, 0.1) is 0 Å². The highest BCUT2D eigenvalue weighted by Crippen LogP contribution is 2.18. The Kier molecular flexibility index (Phi) is 5.47. The molecular weight excluding hydrogens is 344 g/mol. The number of nitrogens with one attached hydrogen (secondary N) is 2. The number of methoxy groups -OCH3 is 1. The maximum Gasteiger partial charge on any atom is 0.337 e. The first-order valence-corrected chi connectivity index (χ1v) is 8.32. The summed E-state index contributed by atoms with van der Waals surface area (Å²) in [6.45, 7) is 0. The first-order chi connectivity index (χ1) is 13.1. The third-order valence-electron chi connectivity index (χ3n) is 4.11. The van der Waals surface area contributed by atoms with Gasteiger partial charge in [-0.1, -0.05) is 42.5 Å². The van der Waals surface area contributed by atoms with Crippen LogP contribution in [0.4, 0.5) is 0 Å². The van der Waals surface area contributed by atoms with Crippen molar-refractivity contribution >= 4 is 28.6 Å². The van der Waals surface area contributed by atoms with Crippen molar-refractivity contribution in [2.24, 2.45) is 0 Å². The molecule has 0 radical (unpaired) electrons. The van der Waals surface area contributed by atoms with Crippen molar-refractivity contribution in [2.75, 3.05) is 7.11 Å². The lowest BCUT2D eigenvalue weighted by Crippen LogP contribution is -2.42. The average Bonchev–Trinajstić information content (AvgIpc) is 2.72. The molecule has 0 fully saturated rings. The van der Waals surface area contributed by atoms with Gasteiger partial charge in [0.25, 0.3) is 5.91 Å². The van der Waals surface area contributed by atoms with Gasteiger partial charge in [0.1, 0.15) is 0 Å². The van der Waals surface area contributed by atoms with Crippen LogP contribution in [-0.4, -0.2) is 24.9 Å². The highest BCUT2D eigenvalue weighted by molar-refractivity contribution is 5.97. The van der Waals surface area contributed by atoms with Crippen LogP contribution in [0.25, 0.3) is 10.8 Å². The van der Waals surface area contributed by atoms with Crippen molar-refractivity contribution in [3.05, 3.63) is 83.4 Å². The zero-order valence-electron chi connectivity index (χ0n) is 14.7. The molecule has 0 bridgehead atoms. The molecule has 3 aromatic rings. The summed E-state index contributed by atoms with van der Waals surface area (Å²) in [5, 5.41) is 2.05. The fraction of sp³-hybridized carbons (Fsp3) is 0.0952. The Balaban J connectivity index is 1.60. The molecule has 3 aromatic carbocycles. The second-order valence-corrected chi connectivity index (χ2v) is 5.89. The van der Waals surface area contributed by atoms with Crippen LogP contribution >= 0.6 is 0 Å². The van der Waals surface area contributed by atoms with Crippen LogP contribution in [-0.2, 0) is 16.0 Å². The molecular formula is C21H18N2O4. The molecule has 0 unspecified atom stereocenters. The molecule has 6 heteroatoms. The molecule has 2 N–H and O–H groups in total. The van der Waals surface area contributed by atoms with E-state index in [-0.39, 0.29) is 12.3 Å². The van der Waals surface area contributed by atoms with Crippen LogP contribution in [0.15, 0.2) is 66.7 Å². The van der Waals surface area contributed by atoms with E-state index in [4.69, 9.17) is 0 Å². The first-order valence-electron chi connectivity index (χ1n) is 8.32.